The SMILES string of the molecule is CC[Si](CC)(CC)O[C@@H](C(=O)O[C@H]1C[C@@]2(O)C(OC(=O)c3ccccc3)C3[C@](C)(C(=O)[C@H](OC(C)=O)C(=C1C)C2(C)C)[C@H](O)C(=O)[C@H]1OC[C@@]31OC(C)=O)[C@@H](NC(=O)c1ccccc1)c1ccccc1. The summed E-state index contributed by atoms with van der Waals surface area (Å²) in [6, 6.07) is 25.7. The van der Waals surface area contributed by atoms with E-state index in [-0.39, 0.29) is 16.7 Å². The van der Waals surface area contributed by atoms with Crippen molar-refractivity contribution in [1.82, 2.24) is 5.32 Å². The van der Waals surface area contributed by atoms with Gasteiger partial charge >= 0.3 is 23.9 Å². The summed E-state index contributed by atoms with van der Waals surface area (Å²) >= 11 is 0. The van der Waals surface area contributed by atoms with Gasteiger partial charge in [0.15, 0.2) is 43.8 Å². The molecular formula is C53H63NO15Si. The molecule has 0 radical (unpaired) electrons. The summed E-state index contributed by atoms with van der Waals surface area (Å²) in [4.78, 5) is 100. The number of ketones is 2. The monoisotopic (exact) mass is 981 g/mol. The second-order valence-corrected chi connectivity index (χ2v) is 24.4. The average molecular weight is 982 g/mol. The van der Waals surface area contributed by atoms with Crippen LogP contribution < -0.4 is 5.32 Å². The topological polar surface area (TPSA) is 227 Å². The molecule has 3 fully saturated rings. The summed E-state index contributed by atoms with van der Waals surface area (Å²) < 4.78 is 37.7. The Hall–Kier alpha value is -5.85. The molecule has 7 rings (SSSR count). The predicted molar refractivity (Wildman–Crippen MR) is 254 cm³/mol. The first kappa shape index (κ1) is 52.0. The van der Waals surface area contributed by atoms with Crippen molar-refractivity contribution in [3.05, 3.63) is 119 Å². The lowest BCUT2D eigenvalue weighted by Crippen LogP contribution is -2.84. The zero-order chi connectivity index (χ0) is 51.1. The van der Waals surface area contributed by atoms with Crippen molar-refractivity contribution in [2.24, 2.45) is 16.7 Å². The highest BCUT2D eigenvalue weighted by Crippen LogP contribution is 2.64. The van der Waals surface area contributed by atoms with Crippen LogP contribution in [-0.4, -0.2) is 114 Å². The Labute approximate surface area is 408 Å². The van der Waals surface area contributed by atoms with Gasteiger partial charge in [0.2, 0.25) is 0 Å². The standard InChI is InChI=1S/C53H63NO15Si/c1-10-70(11-2,12-3)69-41(38(33-22-16-13-17-23-33)54-47(60)34-24-18-14-19-25-34)49(62)66-36-28-53(63)46(67-48(61)35-26-20-15-21-27-35)42-51(9,43(58)39(57)45-52(42,29-64-45)68-32(6)56)44(59)40(65-31(5)55)37(30(36)4)50(53,7)8/h13-27,36,38,40-43,45-46,58,63H,10-12,28-29H2,1-9H3,(H,54,60)/t36-,38-,40+,41+,42?,43+,45+,46?,51-,52+,53+/m0/s1. The summed E-state index contributed by atoms with van der Waals surface area (Å²) in [6.45, 7) is 13.4. The van der Waals surface area contributed by atoms with Crippen LogP contribution in [0.2, 0.25) is 18.1 Å². The fourth-order valence-electron chi connectivity index (χ4n) is 11.5. The number of carbonyl (C=O) groups excluding carboxylic acids is 7. The Bertz CT molecular complexity index is 2540. The van der Waals surface area contributed by atoms with E-state index in [1.807, 2.05) is 20.8 Å². The van der Waals surface area contributed by atoms with Gasteiger partial charge in [0.1, 0.15) is 23.9 Å². The van der Waals surface area contributed by atoms with Crippen molar-refractivity contribution in [3.63, 3.8) is 0 Å². The largest absolute Gasteiger partial charge is 0.456 e. The number of nitrogens with one attached hydrogen (secondary N) is 1. The number of hydrogen-bond acceptors (Lipinski definition) is 15. The highest BCUT2D eigenvalue weighted by Gasteiger charge is 2.80. The molecule has 1 heterocycles. The number of aliphatic hydroxyl groups is 2. The molecule has 3 aromatic rings. The van der Waals surface area contributed by atoms with Gasteiger partial charge in [0.05, 0.1) is 29.5 Å². The number of fused-ring (bicyclic) bond motifs is 5. The van der Waals surface area contributed by atoms with E-state index >= 15 is 9.59 Å². The molecule has 1 amide bonds. The molecule has 16 nitrogen and oxygen atoms in total. The number of ether oxygens (including phenoxy) is 5. The maximum absolute atomic E-state index is 15.8. The van der Waals surface area contributed by atoms with Crippen molar-refractivity contribution >= 4 is 49.7 Å². The zero-order valence-corrected chi connectivity index (χ0v) is 42.0. The third kappa shape index (κ3) is 8.73. The van der Waals surface area contributed by atoms with Crippen LogP contribution in [0.4, 0.5) is 0 Å². The van der Waals surface area contributed by atoms with Gasteiger partial charge in [0.25, 0.3) is 5.91 Å². The van der Waals surface area contributed by atoms with Crippen LogP contribution in [0.1, 0.15) is 101 Å². The molecule has 3 aromatic carbocycles. The third-order valence-electron chi connectivity index (χ3n) is 15.6. The summed E-state index contributed by atoms with van der Waals surface area (Å²) in [5.41, 5.74) is -7.79. The molecule has 374 valence electrons. The van der Waals surface area contributed by atoms with E-state index in [2.05, 4.69) is 5.32 Å². The van der Waals surface area contributed by atoms with Gasteiger partial charge in [-0.05, 0) is 73.0 Å². The normalized spacial score (nSPS) is 29.9. The third-order valence-corrected chi connectivity index (χ3v) is 20.2. The molecule has 2 unspecified atom stereocenters. The molecule has 3 N–H and O–H groups in total. The van der Waals surface area contributed by atoms with Crippen LogP contribution in [0.15, 0.2) is 102 Å². The van der Waals surface area contributed by atoms with E-state index in [1.165, 1.54) is 19.1 Å². The van der Waals surface area contributed by atoms with Crippen molar-refractivity contribution in [2.75, 3.05) is 6.61 Å². The highest BCUT2D eigenvalue weighted by molar-refractivity contribution is 6.73. The lowest BCUT2D eigenvalue weighted by molar-refractivity contribution is -0.327. The smallest absolute Gasteiger partial charge is 0.338 e. The minimum Gasteiger partial charge on any atom is -0.456 e. The van der Waals surface area contributed by atoms with Gasteiger partial charge in [-0.1, -0.05) is 101 Å². The molecule has 70 heavy (non-hydrogen) atoms. The van der Waals surface area contributed by atoms with Crippen molar-refractivity contribution < 1.29 is 71.9 Å². The minimum atomic E-state index is -2.77. The Balaban J connectivity index is 1.46. The number of amides is 1. The summed E-state index contributed by atoms with van der Waals surface area (Å²) in [5, 5.41) is 29.2. The molecule has 0 spiro atoms. The lowest BCUT2D eigenvalue weighted by Gasteiger charge is -2.66. The van der Waals surface area contributed by atoms with E-state index in [9.17, 15) is 34.2 Å². The molecule has 4 aliphatic rings. The van der Waals surface area contributed by atoms with Gasteiger partial charge in [0, 0.05) is 31.2 Å². The first-order chi connectivity index (χ1) is 33.1. The number of Topliss-reactive ketones (excluding diaryl/α,β-unsaturated/α-hetero) is 2. The zero-order valence-electron chi connectivity index (χ0n) is 41.0. The highest BCUT2D eigenvalue weighted by atomic mass is 28.4. The fourth-order valence-corrected chi connectivity index (χ4v) is 14.2. The Kier molecular flexibility index (Phi) is 14.7. The van der Waals surface area contributed by atoms with Crippen molar-refractivity contribution in [1.29, 1.82) is 0 Å². The average Bonchev–Trinajstić information content (AvgIpc) is 3.33. The predicted octanol–water partition coefficient (Wildman–Crippen LogP) is 5.94. The van der Waals surface area contributed by atoms with Crippen molar-refractivity contribution in [2.45, 2.75) is 141 Å². The number of benzene rings is 3. The van der Waals surface area contributed by atoms with Crippen LogP contribution >= 0.6 is 0 Å². The number of aliphatic hydroxyl groups excluding tert-OH is 1. The van der Waals surface area contributed by atoms with Gasteiger partial charge in [-0.3, -0.25) is 24.0 Å². The van der Waals surface area contributed by atoms with Crippen LogP contribution in [0, 0.1) is 16.7 Å². The van der Waals surface area contributed by atoms with Crippen LogP contribution in [-0.2, 0) is 52.1 Å². The second-order valence-electron chi connectivity index (χ2n) is 19.6. The molecule has 2 saturated carbocycles. The fraction of sp³-hybridized carbons (Fsp3) is 0.491. The van der Waals surface area contributed by atoms with Crippen LogP contribution in [0.25, 0.3) is 0 Å². The molecule has 1 saturated heterocycles. The molecule has 2 bridgehead atoms. The van der Waals surface area contributed by atoms with E-state index in [1.54, 1.807) is 99.6 Å². The van der Waals surface area contributed by atoms with Gasteiger partial charge in [-0.25, -0.2) is 9.59 Å². The quantitative estimate of drug-likeness (QED) is 0.0693. The first-order valence-corrected chi connectivity index (χ1v) is 26.3. The van der Waals surface area contributed by atoms with Gasteiger partial charge in [-0.2, -0.15) is 0 Å². The summed E-state index contributed by atoms with van der Waals surface area (Å²) in [5.74, 6) is -8.13. The van der Waals surface area contributed by atoms with Gasteiger partial charge < -0.3 is 43.6 Å². The van der Waals surface area contributed by atoms with Gasteiger partial charge in [-0.15, -0.1) is 0 Å². The Morgan fingerprint density at radius 2 is 1.36 bits per heavy atom. The number of hydrogen-bond donors (Lipinski definition) is 3. The molecule has 17 heteroatoms. The Morgan fingerprint density at radius 3 is 1.87 bits per heavy atom. The molecule has 11 atom stereocenters. The van der Waals surface area contributed by atoms with Crippen molar-refractivity contribution in [3.8, 4) is 0 Å². The first-order valence-electron chi connectivity index (χ1n) is 23.8. The van der Waals surface area contributed by atoms with Crippen LogP contribution in [0.5, 0.6) is 0 Å². The number of rotatable bonds is 15. The van der Waals surface area contributed by atoms with E-state index in [0.29, 0.717) is 29.3 Å². The second kappa shape index (κ2) is 19.7. The van der Waals surface area contributed by atoms with E-state index in [0.717, 1.165) is 13.8 Å². The summed E-state index contributed by atoms with van der Waals surface area (Å²) in [6.07, 6.45) is -11.4. The number of esters is 4. The van der Waals surface area contributed by atoms with Crippen LogP contribution in [0.3, 0.4) is 0 Å². The molecule has 3 aliphatic carbocycles. The molecule has 1 aliphatic heterocycles. The minimum absolute atomic E-state index is 0.0258. The van der Waals surface area contributed by atoms with E-state index < -0.39 is 133 Å². The molecular weight excluding hydrogens is 919 g/mol. The Morgan fingerprint density at radius 1 is 0.800 bits per heavy atom. The maximum Gasteiger partial charge on any atom is 0.338 e. The number of carbonyl (C=O) groups is 7. The molecule has 0 aromatic heterocycles. The van der Waals surface area contributed by atoms with E-state index in [4.69, 9.17) is 28.1 Å². The maximum atomic E-state index is 15.8. The summed E-state index contributed by atoms with van der Waals surface area (Å²) in [7, 11) is -2.77. The lowest BCUT2D eigenvalue weighted by atomic mass is 9.44.